The maximum absolute atomic E-state index is 5.77. The molecule has 1 fully saturated rings. The van der Waals surface area contributed by atoms with Gasteiger partial charge in [0.2, 0.25) is 0 Å². The molecule has 0 bridgehead atoms. The van der Waals surface area contributed by atoms with Gasteiger partial charge in [0.1, 0.15) is 0 Å². The van der Waals surface area contributed by atoms with E-state index in [1.165, 1.54) is 25.7 Å². The van der Waals surface area contributed by atoms with Crippen LogP contribution in [-0.2, 0) is 4.74 Å². The monoisotopic (exact) mass is 228 g/mol. The van der Waals surface area contributed by atoms with Crippen LogP contribution >= 0.6 is 0 Å². The molecule has 1 rings (SSSR count). The molecule has 0 aromatic carbocycles. The Morgan fingerprint density at radius 2 is 2.12 bits per heavy atom. The van der Waals surface area contributed by atoms with E-state index in [1.807, 2.05) is 0 Å². The minimum atomic E-state index is -0.0759. The summed E-state index contributed by atoms with van der Waals surface area (Å²) in [6.45, 7) is 6.01. The van der Waals surface area contributed by atoms with Crippen molar-refractivity contribution in [2.75, 3.05) is 20.2 Å². The van der Waals surface area contributed by atoms with E-state index >= 15 is 0 Å². The second kappa shape index (κ2) is 6.58. The van der Waals surface area contributed by atoms with Gasteiger partial charge in [0.25, 0.3) is 0 Å². The summed E-state index contributed by atoms with van der Waals surface area (Å²) < 4.78 is 5.43. The molecule has 3 heteroatoms. The number of methoxy groups -OCH3 is 1. The smallest absolute Gasteiger partial charge is 0.0638 e. The van der Waals surface area contributed by atoms with Gasteiger partial charge in [-0.25, -0.2) is 0 Å². The molecule has 3 nitrogen and oxygen atoms in total. The average molecular weight is 228 g/mol. The van der Waals surface area contributed by atoms with E-state index < -0.39 is 0 Å². The average Bonchev–Trinajstić information content (AvgIpc) is 3.06. The Balaban J connectivity index is 2.09. The van der Waals surface area contributed by atoms with Gasteiger partial charge in [0.15, 0.2) is 0 Å². The third kappa shape index (κ3) is 5.83. The van der Waals surface area contributed by atoms with Gasteiger partial charge >= 0.3 is 0 Å². The van der Waals surface area contributed by atoms with Crippen molar-refractivity contribution in [1.29, 1.82) is 0 Å². The van der Waals surface area contributed by atoms with Gasteiger partial charge in [-0.3, -0.25) is 0 Å². The van der Waals surface area contributed by atoms with Crippen LogP contribution in [0.15, 0.2) is 0 Å². The standard InChI is InChI=1S/C13H28N2O/c1-13(2,16-3)9-12(10-14)15-8-4-5-11-6-7-11/h11-12,15H,4-10,14H2,1-3H3. The fraction of sp³-hybridized carbons (Fsp3) is 1.00. The van der Waals surface area contributed by atoms with Crippen molar-refractivity contribution in [2.24, 2.45) is 11.7 Å². The summed E-state index contributed by atoms with van der Waals surface area (Å²) in [5.41, 5.74) is 5.70. The Kier molecular flexibility index (Phi) is 5.73. The minimum Gasteiger partial charge on any atom is -0.379 e. The van der Waals surface area contributed by atoms with Gasteiger partial charge in [-0.2, -0.15) is 0 Å². The van der Waals surface area contributed by atoms with Crippen LogP contribution < -0.4 is 11.1 Å². The van der Waals surface area contributed by atoms with Crippen molar-refractivity contribution in [3.05, 3.63) is 0 Å². The zero-order chi connectivity index (χ0) is 12.0. The highest BCUT2D eigenvalue weighted by Crippen LogP contribution is 2.33. The maximum atomic E-state index is 5.77. The molecule has 0 heterocycles. The summed E-state index contributed by atoms with van der Waals surface area (Å²) >= 11 is 0. The van der Waals surface area contributed by atoms with Crippen LogP contribution in [0.4, 0.5) is 0 Å². The molecule has 96 valence electrons. The quantitative estimate of drug-likeness (QED) is 0.593. The Hall–Kier alpha value is -0.120. The van der Waals surface area contributed by atoms with E-state index in [4.69, 9.17) is 10.5 Å². The van der Waals surface area contributed by atoms with Gasteiger partial charge in [0.05, 0.1) is 5.60 Å². The maximum Gasteiger partial charge on any atom is 0.0638 e. The van der Waals surface area contributed by atoms with E-state index in [0.717, 1.165) is 18.9 Å². The number of rotatable bonds is 9. The van der Waals surface area contributed by atoms with E-state index in [9.17, 15) is 0 Å². The van der Waals surface area contributed by atoms with Crippen LogP contribution in [0.1, 0.15) is 46.0 Å². The Labute approximate surface area is 100 Å². The molecule has 16 heavy (non-hydrogen) atoms. The second-order valence-electron chi connectivity index (χ2n) is 5.64. The highest BCUT2D eigenvalue weighted by atomic mass is 16.5. The Morgan fingerprint density at radius 3 is 2.62 bits per heavy atom. The third-order valence-corrected chi connectivity index (χ3v) is 3.49. The highest BCUT2D eigenvalue weighted by Gasteiger charge is 2.22. The lowest BCUT2D eigenvalue weighted by Gasteiger charge is -2.28. The molecule has 1 unspecified atom stereocenters. The topological polar surface area (TPSA) is 47.3 Å². The van der Waals surface area contributed by atoms with Crippen molar-refractivity contribution in [2.45, 2.75) is 57.6 Å². The van der Waals surface area contributed by atoms with E-state index in [2.05, 4.69) is 19.2 Å². The molecule has 3 N–H and O–H groups in total. The van der Waals surface area contributed by atoms with Crippen LogP contribution in [0.25, 0.3) is 0 Å². The predicted molar refractivity (Wildman–Crippen MR) is 68.5 cm³/mol. The van der Waals surface area contributed by atoms with Crippen molar-refractivity contribution in [3.8, 4) is 0 Å². The molecular formula is C13H28N2O. The summed E-state index contributed by atoms with van der Waals surface area (Å²) in [4.78, 5) is 0. The molecule has 1 atom stereocenters. The van der Waals surface area contributed by atoms with Gasteiger partial charge in [0, 0.05) is 19.7 Å². The Bertz CT molecular complexity index is 190. The first kappa shape index (κ1) is 13.9. The third-order valence-electron chi connectivity index (χ3n) is 3.49. The minimum absolute atomic E-state index is 0.0759. The fourth-order valence-electron chi connectivity index (χ4n) is 2.02. The molecule has 0 aromatic heterocycles. The molecule has 0 saturated heterocycles. The zero-order valence-electron chi connectivity index (χ0n) is 11.1. The molecule has 0 aromatic rings. The molecular weight excluding hydrogens is 200 g/mol. The summed E-state index contributed by atoms with van der Waals surface area (Å²) in [6, 6.07) is 0.383. The number of hydrogen-bond donors (Lipinski definition) is 2. The van der Waals surface area contributed by atoms with Crippen molar-refractivity contribution in [1.82, 2.24) is 5.32 Å². The molecule has 0 amide bonds. The summed E-state index contributed by atoms with van der Waals surface area (Å²) in [5, 5.41) is 3.54. The zero-order valence-corrected chi connectivity index (χ0v) is 11.1. The number of ether oxygens (including phenoxy) is 1. The molecule has 1 aliphatic rings. The number of hydrogen-bond acceptors (Lipinski definition) is 3. The van der Waals surface area contributed by atoms with Gasteiger partial charge in [-0.15, -0.1) is 0 Å². The van der Waals surface area contributed by atoms with E-state index in [-0.39, 0.29) is 5.60 Å². The SMILES string of the molecule is COC(C)(C)CC(CN)NCCCC1CC1. The molecule has 1 saturated carbocycles. The number of nitrogens with two attached hydrogens (primary N) is 1. The number of nitrogens with one attached hydrogen (secondary N) is 1. The lowest BCUT2D eigenvalue weighted by atomic mass is 9.98. The van der Waals surface area contributed by atoms with Crippen molar-refractivity contribution in [3.63, 3.8) is 0 Å². The largest absolute Gasteiger partial charge is 0.379 e. The van der Waals surface area contributed by atoms with E-state index in [0.29, 0.717) is 12.6 Å². The van der Waals surface area contributed by atoms with Crippen LogP contribution in [0.5, 0.6) is 0 Å². The molecule has 0 aliphatic heterocycles. The molecule has 0 spiro atoms. The Morgan fingerprint density at radius 1 is 1.44 bits per heavy atom. The lowest BCUT2D eigenvalue weighted by Crippen LogP contribution is -2.42. The normalized spacial score (nSPS) is 18.8. The van der Waals surface area contributed by atoms with Crippen molar-refractivity contribution < 1.29 is 4.74 Å². The molecule has 0 radical (unpaired) electrons. The van der Waals surface area contributed by atoms with Gasteiger partial charge < -0.3 is 15.8 Å². The molecule has 1 aliphatic carbocycles. The summed E-state index contributed by atoms with van der Waals surface area (Å²) in [5.74, 6) is 1.04. The predicted octanol–water partition coefficient (Wildman–Crippen LogP) is 1.91. The van der Waals surface area contributed by atoms with Crippen LogP contribution in [-0.4, -0.2) is 31.8 Å². The van der Waals surface area contributed by atoms with Gasteiger partial charge in [-0.05, 0) is 45.6 Å². The first-order valence-electron chi connectivity index (χ1n) is 6.56. The first-order valence-corrected chi connectivity index (χ1v) is 6.56. The summed E-state index contributed by atoms with van der Waals surface area (Å²) in [7, 11) is 1.76. The fourth-order valence-corrected chi connectivity index (χ4v) is 2.02. The van der Waals surface area contributed by atoms with Crippen LogP contribution in [0, 0.1) is 5.92 Å². The summed E-state index contributed by atoms with van der Waals surface area (Å²) in [6.07, 6.45) is 6.56. The van der Waals surface area contributed by atoms with Crippen molar-refractivity contribution >= 4 is 0 Å². The highest BCUT2D eigenvalue weighted by molar-refractivity contribution is 4.79. The van der Waals surface area contributed by atoms with Crippen LogP contribution in [0.2, 0.25) is 0 Å². The second-order valence-corrected chi connectivity index (χ2v) is 5.64. The van der Waals surface area contributed by atoms with Crippen LogP contribution in [0.3, 0.4) is 0 Å². The van der Waals surface area contributed by atoms with Gasteiger partial charge in [-0.1, -0.05) is 12.8 Å². The van der Waals surface area contributed by atoms with E-state index in [1.54, 1.807) is 7.11 Å². The lowest BCUT2D eigenvalue weighted by molar-refractivity contribution is 0.00779. The first-order chi connectivity index (χ1) is 7.57.